The highest BCUT2D eigenvalue weighted by Crippen LogP contribution is 2.61. The lowest BCUT2D eigenvalue weighted by molar-refractivity contribution is -0.0952. The van der Waals surface area contributed by atoms with Crippen LogP contribution in [0.1, 0.15) is 82.0 Å². The minimum atomic E-state index is -0.433. The molecule has 0 unspecified atom stereocenters. The molecule has 1 aromatic rings. The number of ketones is 1. The third kappa shape index (κ3) is 3.42. The van der Waals surface area contributed by atoms with Crippen molar-refractivity contribution in [3.05, 3.63) is 47.5 Å². The van der Waals surface area contributed by atoms with E-state index in [1.807, 2.05) is 37.3 Å². The molecule has 0 bridgehead atoms. The Morgan fingerprint density at radius 3 is 2.48 bits per heavy atom. The molecule has 1 aromatic carbocycles. The van der Waals surface area contributed by atoms with Crippen molar-refractivity contribution < 1.29 is 9.90 Å². The number of carbonyl (C=O) groups excluding carboxylic acids is 1. The maximum Gasteiger partial charge on any atom is 0.188 e. The van der Waals surface area contributed by atoms with Gasteiger partial charge in [-0.25, -0.2) is 0 Å². The number of Topliss-reactive ketones (excluding diaryl/α,β-unsaturated/α-hetero) is 1. The maximum atomic E-state index is 13.1. The quantitative estimate of drug-likeness (QED) is 0.609. The van der Waals surface area contributed by atoms with Gasteiger partial charge >= 0.3 is 0 Å². The fourth-order valence-electron chi connectivity index (χ4n) is 7.89. The SMILES string of the molecule is C[C@@]1(O)CC[C@H]2[C@H](CC[C@@H]3[C@@H]2CC[C@]2(C)C=C(C(=O)c4ccccc4)CC[C@@H]32)C1. The minimum Gasteiger partial charge on any atom is -0.390 e. The number of fused-ring (bicyclic) bond motifs is 5. The molecule has 0 aliphatic heterocycles. The molecule has 0 aromatic heterocycles. The van der Waals surface area contributed by atoms with Crippen LogP contribution in [0.3, 0.4) is 0 Å². The zero-order chi connectivity index (χ0) is 20.2. The summed E-state index contributed by atoms with van der Waals surface area (Å²) in [6, 6.07) is 9.81. The average molecular weight is 393 g/mol. The topological polar surface area (TPSA) is 37.3 Å². The van der Waals surface area contributed by atoms with E-state index in [1.165, 1.54) is 38.5 Å². The second kappa shape index (κ2) is 7.08. The molecule has 2 nitrogen and oxygen atoms in total. The Morgan fingerprint density at radius 2 is 1.69 bits per heavy atom. The van der Waals surface area contributed by atoms with E-state index in [0.29, 0.717) is 0 Å². The van der Waals surface area contributed by atoms with E-state index in [1.54, 1.807) is 0 Å². The molecule has 5 rings (SSSR count). The average Bonchev–Trinajstić information content (AvgIpc) is 2.71. The van der Waals surface area contributed by atoms with Crippen LogP contribution in [0, 0.1) is 35.0 Å². The van der Waals surface area contributed by atoms with Crippen molar-refractivity contribution in [1.82, 2.24) is 0 Å². The van der Waals surface area contributed by atoms with Crippen LogP contribution in [0.4, 0.5) is 0 Å². The molecule has 0 spiro atoms. The van der Waals surface area contributed by atoms with Gasteiger partial charge in [-0.3, -0.25) is 4.79 Å². The summed E-state index contributed by atoms with van der Waals surface area (Å²) in [7, 11) is 0. The van der Waals surface area contributed by atoms with Crippen molar-refractivity contribution in [2.75, 3.05) is 0 Å². The van der Waals surface area contributed by atoms with Crippen LogP contribution in [-0.2, 0) is 0 Å². The molecular weight excluding hydrogens is 356 g/mol. The predicted octanol–water partition coefficient (Wildman–Crippen LogP) is 6.20. The summed E-state index contributed by atoms with van der Waals surface area (Å²) < 4.78 is 0. The number of hydrogen-bond donors (Lipinski definition) is 1. The highest BCUT2D eigenvalue weighted by atomic mass is 16.3. The molecule has 4 aliphatic carbocycles. The molecule has 29 heavy (non-hydrogen) atoms. The van der Waals surface area contributed by atoms with E-state index in [2.05, 4.69) is 13.0 Å². The monoisotopic (exact) mass is 392 g/mol. The summed E-state index contributed by atoms with van der Waals surface area (Å²) in [5, 5.41) is 10.6. The predicted molar refractivity (Wildman–Crippen MR) is 117 cm³/mol. The fraction of sp³-hybridized carbons (Fsp3) is 0.667. The van der Waals surface area contributed by atoms with Crippen molar-refractivity contribution >= 4 is 5.78 Å². The third-order valence-corrected chi connectivity index (χ3v) is 9.23. The smallest absolute Gasteiger partial charge is 0.188 e. The Morgan fingerprint density at radius 1 is 0.931 bits per heavy atom. The van der Waals surface area contributed by atoms with Crippen LogP contribution in [0.2, 0.25) is 0 Å². The van der Waals surface area contributed by atoms with Gasteiger partial charge in [-0.2, -0.15) is 0 Å². The largest absolute Gasteiger partial charge is 0.390 e. The standard InChI is InChI=1S/C27H36O2/c1-26-14-12-22-21-13-15-27(2,29)17-19(21)8-10-23(22)24(26)11-9-20(16-26)25(28)18-6-4-3-5-7-18/h3-7,16,19,21-24,29H,8-15,17H2,1-2H3/t19-,21+,22-,23-,24+,26-,27-/m1/s1. The summed E-state index contributed by atoms with van der Waals surface area (Å²) in [6.07, 6.45) is 12.9. The molecule has 0 saturated heterocycles. The fourth-order valence-corrected chi connectivity index (χ4v) is 7.89. The first-order valence-electron chi connectivity index (χ1n) is 11.9. The van der Waals surface area contributed by atoms with E-state index >= 15 is 0 Å². The number of hydrogen-bond acceptors (Lipinski definition) is 2. The van der Waals surface area contributed by atoms with Crippen molar-refractivity contribution in [2.24, 2.45) is 35.0 Å². The van der Waals surface area contributed by atoms with Gasteiger partial charge in [-0.1, -0.05) is 43.3 Å². The summed E-state index contributed by atoms with van der Waals surface area (Å²) in [5.74, 6) is 4.21. The van der Waals surface area contributed by atoms with Crippen LogP contribution in [0.15, 0.2) is 42.0 Å². The van der Waals surface area contributed by atoms with Gasteiger partial charge in [0, 0.05) is 5.56 Å². The van der Waals surface area contributed by atoms with Gasteiger partial charge in [0.05, 0.1) is 5.60 Å². The summed E-state index contributed by atoms with van der Waals surface area (Å²) in [4.78, 5) is 13.1. The lowest BCUT2D eigenvalue weighted by Crippen LogP contribution is -2.51. The van der Waals surface area contributed by atoms with E-state index < -0.39 is 5.60 Å². The lowest BCUT2D eigenvalue weighted by Gasteiger charge is -2.58. The van der Waals surface area contributed by atoms with Crippen LogP contribution in [-0.4, -0.2) is 16.5 Å². The van der Waals surface area contributed by atoms with Crippen LogP contribution in [0.5, 0.6) is 0 Å². The molecule has 7 atom stereocenters. The highest BCUT2D eigenvalue weighted by molar-refractivity contribution is 6.08. The highest BCUT2D eigenvalue weighted by Gasteiger charge is 2.53. The number of carbonyl (C=O) groups is 1. The van der Waals surface area contributed by atoms with Gasteiger partial charge in [-0.05, 0) is 105 Å². The Bertz CT molecular complexity index is 807. The number of allylic oxidation sites excluding steroid dienone is 2. The Balaban J connectivity index is 1.36. The van der Waals surface area contributed by atoms with E-state index in [0.717, 1.165) is 60.0 Å². The molecule has 2 heteroatoms. The molecule has 0 radical (unpaired) electrons. The molecule has 156 valence electrons. The first-order chi connectivity index (χ1) is 13.9. The van der Waals surface area contributed by atoms with E-state index in [-0.39, 0.29) is 11.2 Å². The van der Waals surface area contributed by atoms with E-state index in [9.17, 15) is 9.90 Å². The molecule has 0 heterocycles. The Labute approximate surface area is 175 Å². The Hall–Kier alpha value is -1.41. The Kier molecular flexibility index (Phi) is 4.77. The zero-order valence-corrected chi connectivity index (χ0v) is 18.1. The third-order valence-electron chi connectivity index (χ3n) is 9.23. The molecule has 3 saturated carbocycles. The second-order valence-electron chi connectivity index (χ2n) is 11.1. The van der Waals surface area contributed by atoms with Crippen molar-refractivity contribution in [3.63, 3.8) is 0 Å². The molecule has 3 fully saturated rings. The number of aliphatic hydroxyl groups is 1. The van der Waals surface area contributed by atoms with Gasteiger partial charge in [0.2, 0.25) is 0 Å². The van der Waals surface area contributed by atoms with Crippen molar-refractivity contribution in [3.8, 4) is 0 Å². The summed E-state index contributed by atoms with van der Waals surface area (Å²) in [6.45, 7) is 4.48. The van der Waals surface area contributed by atoms with E-state index in [4.69, 9.17) is 0 Å². The first-order valence-corrected chi connectivity index (χ1v) is 11.9. The maximum absolute atomic E-state index is 13.1. The van der Waals surface area contributed by atoms with Crippen molar-refractivity contribution in [2.45, 2.75) is 77.2 Å². The number of benzene rings is 1. The van der Waals surface area contributed by atoms with Crippen LogP contribution >= 0.6 is 0 Å². The summed E-state index contributed by atoms with van der Waals surface area (Å²) in [5.41, 5.74) is 1.64. The van der Waals surface area contributed by atoms with Crippen molar-refractivity contribution in [1.29, 1.82) is 0 Å². The summed E-state index contributed by atoms with van der Waals surface area (Å²) >= 11 is 0. The first kappa shape index (κ1) is 19.5. The van der Waals surface area contributed by atoms with Gasteiger partial charge in [0.1, 0.15) is 0 Å². The van der Waals surface area contributed by atoms with Crippen LogP contribution < -0.4 is 0 Å². The molecule has 0 amide bonds. The minimum absolute atomic E-state index is 0.187. The van der Waals surface area contributed by atoms with Gasteiger partial charge < -0.3 is 5.11 Å². The normalized spacial score (nSPS) is 44.1. The molecule has 1 N–H and O–H groups in total. The lowest BCUT2D eigenvalue weighted by atomic mass is 9.47. The second-order valence-corrected chi connectivity index (χ2v) is 11.1. The van der Waals surface area contributed by atoms with Gasteiger partial charge in [0.15, 0.2) is 5.78 Å². The van der Waals surface area contributed by atoms with Crippen LogP contribution in [0.25, 0.3) is 0 Å². The molecule has 4 aliphatic rings. The van der Waals surface area contributed by atoms with Gasteiger partial charge in [-0.15, -0.1) is 0 Å². The molecular formula is C27H36O2. The number of rotatable bonds is 2. The van der Waals surface area contributed by atoms with Gasteiger partial charge in [0.25, 0.3) is 0 Å². The zero-order valence-electron chi connectivity index (χ0n) is 18.1.